The van der Waals surface area contributed by atoms with Crippen LogP contribution < -0.4 is 0 Å². The molecule has 0 radical (unpaired) electrons. The smallest absolute Gasteiger partial charge is 0.243 e. The van der Waals surface area contributed by atoms with Crippen LogP contribution in [0.2, 0.25) is 0 Å². The molecule has 1 saturated heterocycles. The summed E-state index contributed by atoms with van der Waals surface area (Å²) in [5, 5.41) is 0. The van der Waals surface area contributed by atoms with Gasteiger partial charge in [0.25, 0.3) is 0 Å². The molecule has 0 aromatic rings. The zero-order chi connectivity index (χ0) is 7.72. The fourth-order valence-electron chi connectivity index (χ4n) is 0.869. The zero-order valence-corrected chi connectivity index (χ0v) is 6.13. The van der Waals surface area contributed by atoms with E-state index in [1.807, 2.05) is 0 Å². The Morgan fingerprint density at radius 3 is 1.90 bits per heavy atom. The summed E-state index contributed by atoms with van der Waals surface area (Å²) in [4.78, 5) is 24.6. The van der Waals surface area contributed by atoms with Crippen LogP contribution in [0.1, 0.15) is 0 Å². The lowest BCUT2D eigenvalue weighted by Gasteiger charge is -2.26. The van der Waals surface area contributed by atoms with E-state index in [1.165, 1.54) is 11.9 Å². The minimum atomic E-state index is -0.126. The molecule has 1 fully saturated rings. The third-order valence-corrected chi connectivity index (χ3v) is 1.56. The van der Waals surface area contributed by atoms with Gasteiger partial charge in [0.2, 0.25) is 11.8 Å². The first-order valence-corrected chi connectivity index (χ1v) is 3.09. The monoisotopic (exact) mass is 142 g/mol. The van der Waals surface area contributed by atoms with Crippen LogP contribution in [0.5, 0.6) is 0 Å². The van der Waals surface area contributed by atoms with Crippen LogP contribution in [0, 0.1) is 0 Å². The predicted octanol–water partition coefficient (Wildman–Crippen LogP) is -1.08. The lowest BCUT2D eigenvalue weighted by atomic mass is 10.3. The molecule has 10 heavy (non-hydrogen) atoms. The Morgan fingerprint density at radius 1 is 1.10 bits per heavy atom. The van der Waals surface area contributed by atoms with Crippen molar-refractivity contribution in [1.82, 2.24) is 9.80 Å². The van der Waals surface area contributed by atoms with E-state index in [1.54, 1.807) is 11.9 Å². The first-order chi connectivity index (χ1) is 4.61. The van der Waals surface area contributed by atoms with E-state index in [2.05, 4.69) is 0 Å². The van der Waals surface area contributed by atoms with Gasteiger partial charge in [0.15, 0.2) is 0 Å². The van der Waals surface area contributed by atoms with Crippen molar-refractivity contribution in [2.75, 3.05) is 27.2 Å². The van der Waals surface area contributed by atoms with Gasteiger partial charge in [0.05, 0.1) is 13.1 Å². The number of nitrogens with zero attached hydrogens (tertiary/aromatic N) is 2. The molecule has 0 aliphatic carbocycles. The van der Waals surface area contributed by atoms with Crippen molar-refractivity contribution in [3.8, 4) is 0 Å². The second-order valence-electron chi connectivity index (χ2n) is 2.52. The van der Waals surface area contributed by atoms with Gasteiger partial charge >= 0.3 is 0 Å². The summed E-state index contributed by atoms with van der Waals surface area (Å²) in [6.07, 6.45) is 0. The molecule has 0 aromatic heterocycles. The topological polar surface area (TPSA) is 40.6 Å². The Kier molecular flexibility index (Phi) is 1.72. The van der Waals surface area contributed by atoms with Gasteiger partial charge in [0, 0.05) is 7.05 Å². The lowest BCUT2D eigenvalue weighted by Crippen LogP contribution is -2.50. The molecule has 4 nitrogen and oxygen atoms in total. The van der Waals surface area contributed by atoms with Gasteiger partial charge in [-0.15, -0.1) is 0 Å². The highest BCUT2D eigenvalue weighted by Crippen LogP contribution is 1.98. The normalized spacial score (nSPS) is 22.0. The van der Waals surface area contributed by atoms with E-state index in [0.717, 1.165) is 0 Å². The van der Waals surface area contributed by atoms with Gasteiger partial charge in [-0.1, -0.05) is 0 Å². The number of imide groups is 1. The Bertz CT molecular complexity index is 161. The second-order valence-corrected chi connectivity index (χ2v) is 2.52. The average molecular weight is 142 g/mol. The molecule has 2 amide bonds. The summed E-state index contributed by atoms with van der Waals surface area (Å²) >= 11 is 0. The van der Waals surface area contributed by atoms with Crippen LogP contribution >= 0.6 is 0 Å². The quantitative estimate of drug-likeness (QED) is 0.404. The van der Waals surface area contributed by atoms with E-state index < -0.39 is 0 Å². The first-order valence-electron chi connectivity index (χ1n) is 3.09. The van der Waals surface area contributed by atoms with Crippen molar-refractivity contribution < 1.29 is 9.59 Å². The van der Waals surface area contributed by atoms with Gasteiger partial charge in [-0.2, -0.15) is 0 Å². The third kappa shape index (κ3) is 1.16. The van der Waals surface area contributed by atoms with Gasteiger partial charge in [0.1, 0.15) is 0 Å². The third-order valence-electron chi connectivity index (χ3n) is 1.56. The molecule has 0 spiro atoms. The summed E-state index contributed by atoms with van der Waals surface area (Å²) in [5.74, 6) is -0.252. The number of likely N-dealkylation sites (N-methyl/N-ethyl adjacent to an activating group) is 2. The zero-order valence-electron chi connectivity index (χ0n) is 6.13. The highest BCUT2D eigenvalue weighted by molar-refractivity contribution is 5.98. The Labute approximate surface area is 59.4 Å². The first kappa shape index (κ1) is 7.21. The van der Waals surface area contributed by atoms with Crippen LogP contribution in [0.4, 0.5) is 0 Å². The summed E-state index contributed by atoms with van der Waals surface area (Å²) in [6, 6.07) is 0. The standard InChI is InChI=1S/C6H10N2O2/c1-7-3-5(9)8(2)6(10)4-7/h3-4H2,1-2H3. The molecule has 0 N–H and O–H groups in total. The number of carbonyl (C=O) groups is 2. The largest absolute Gasteiger partial charge is 0.289 e. The number of piperazine rings is 1. The van der Waals surface area contributed by atoms with Crippen LogP contribution in [-0.4, -0.2) is 48.8 Å². The molecular formula is C6H10N2O2. The lowest BCUT2D eigenvalue weighted by molar-refractivity contribution is -0.148. The van der Waals surface area contributed by atoms with Gasteiger partial charge in [-0.3, -0.25) is 19.4 Å². The van der Waals surface area contributed by atoms with Crippen LogP contribution in [0.3, 0.4) is 0 Å². The van der Waals surface area contributed by atoms with Crippen LogP contribution in [0.25, 0.3) is 0 Å². The van der Waals surface area contributed by atoms with E-state index in [4.69, 9.17) is 0 Å². The number of hydrogen-bond donors (Lipinski definition) is 0. The Hall–Kier alpha value is -0.900. The number of hydrogen-bond acceptors (Lipinski definition) is 3. The second kappa shape index (κ2) is 2.38. The van der Waals surface area contributed by atoms with E-state index in [9.17, 15) is 9.59 Å². The van der Waals surface area contributed by atoms with Crippen molar-refractivity contribution >= 4 is 11.8 Å². The van der Waals surface area contributed by atoms with Crippen molar-refractivity contribution in [3.05, 3.63) is 0 Å². The van der Waals surface area contributed by atoms with E-state index in [-0.39, 0.29) is 11.8 Å². The summed E-state index contributed by atoms with van der Waals surface area (Å²) in [5.41, 5.74) is 0. The molecule has 0 aromatic carbocycles. The molecule has 56 valence electrons. The van der Waals surface area contributed by atoms with Crippen molar-refractivity contribution in [2.45, 2.75) is 0 Å². The summed E-state index contributed by atoms with van der Waals surface area (Å²) in [7, 11) is 3.26. The predicted molar refractivity (Wildman–Crippen MR) is 35.3 cm³/mol. The van der Waals surface area contributed by atoms with Crippen molar-refractivity contribution in [1.29, 1.82) is 0 Å². The maximum absolute atomic E-state index is 10.9. The summed E-state index contributed by atoms with van der Waals surface area (Å²) in [6.45, 7) is 0.699. The molecule has 0 unspecified atom stereocenters. The highest BCUT2D eigenvalue weighted by atomic mass is 16.2. The number of rotatable bonds is 0. The van der Waals surface area contributed by atoms with Crippen LogP contribution in [-0.2, 0) is 9.59 Å². The number of amides is 2. The SMILES string of the molecule is CN1CC(=O)N(C)C(=O)C1. The molecule has 4 heteroatoms. The molecule has 1 aliphatic heterocycles. The molecule has 1 heterocycles. The summed E-state index contributed by atoms with van der Waals surface area (Å²) < 4.78 is 0. The molecule has 0 saturated carbocycles. The Morgan fingerprint density at radius 2 is 1.50 bits per heavy atom. The maximum atomic E-state index is 10.9. The van der Waals surface area contributed by atoms with Crippen LogP contribution in [0.15, 0.2) is 0 Å². The van der Waals surface area contributed by atoms with E-state index >= 15 is 0 Å². The fourth-order valence-corrected chi connectivity index (χ4v) is 0.869. The molecular weight excluding hydrogens is 132 g/mol. The van der Waals surface area contributed by atoms with Gasteiger partial charge in [-0.25, -0.2) is 0 Å². The van der Waals surface area contributed by atoms with Crippen molar-refractivity contribution in [3.63, 3.8) is 0 Å². The minimum absolute atomic E-state index is 0.126. The van der Waals surface area contributed by atoms with Crippen molar-refractivity contribution in [2.24, 2.45) is 0 Å². The fraction of sp³-hybridized carbons (Fsp3) is 0.667. The molecule has 0 atom stereocenters. The average Bonchev–Trinajstić information content (AvgIpc) is 1.82. The maximum Gasteiger partial charge on any atom is 0.243 e. The minimum Gasteiger partial charge on any atom is -0.289 e. The van der Waals surface area contributed by atoms with Gasteiger partial charge in [-0.05, 0) is 7.05 Å². The Balaban J connectivity index is 2.66. The molecule has 0 bridgehead atoms. The number of carbonyl (C=O) groups excluding carboxylic acids is 2. The molecule has 1 rings (SSSR count). The highest BCUT2D eigenvalue weighted by Gasteiger charge is 2.24. The molecule has 1 aliphatic rings. The van der Waals surface area contributed by atoms with E-state index in [0.29, 0.717) is 13.1 Å². The van der Waals surface area contributed by atoms with Gasteiger partial charge < -0.3 is 0 Å².